The predicted molar refractivity (Wildman–Crippen MR) is 85.5 cm³/mol. The highest BCUT2D eigenvalue weighted by Gasteiger charge is 2.30. The van der Waals surface area contributed by atoms with Crippen LogP contribution in [0.2, 0.25) is 5.02 Å². The van der Waals surface area contributed by atoms with E-state index >= 15 is 0 Å². The van der Waals surface area contributed by atoms with E-state index in [1.165, 1.54) is 6.07 Å². The van der Waals surface area contributed by atoms with Crippen molar-refractivity contribution >= 4 is 28.2 Å². The number of alkyl halides is 3. The summed E-state index contributed by atoms with van der Waals surface area (Å²) in [5.41, 5.74) is 1.43. The second-order valence-corrected chi connectivity index (χ2v) is 5.51. The molecule has 0 amide bonds. The molecule has 0 aliphatic rings. The maximum Gasteiger partial charge on any atom is 0.416 e. The number of nitrogens with zero attached hydrogens (tertiary/aromatic N) is 1. The second-order valence-electron chi connectivity index (χ2n) is 5.07. The number of hydrogen-bond acceptors (Lipinski definition) is 2. The van der Waals surface area contributed by atoms with Gasteiger partial charge >= 0.3 is 6.18 Å². The zero-order valence-electron chi connectivity index (χ0n) is 11.9. The third kappa shape index (κ3) is 3.56. The Morgan fingerprint density at radius 3 is 2.65 bits per heavy atom. The van der Waals surface area contributed by atoms with Crippen LogP contribution in [-0.2, 0) is 12.7 Å². The van der Waals surface area contributed by atoms with Crippen LogP contribution in [0.15, 0.2) is 54.7 Å². The Labute approximate surface area is 135 Å². The summed E-state index contributed by atoms with van der Waals surface area (Å²) in [6.07, 6.45) is -2.71. The van der Waals surface area contributed by atoms with Gasteiger partial charge in [0.05, 0.1) is 11.1 Å². The first kappa shape index (κ1) is 15.6. The lowest BCUT2D eigenvalue weighted by Crippen LogP contribution is -2.07. The minimum Gasteiger partial charge on any atom is -0.380 e. The van der Waals surface area contributed by atoms with Gasteiger partial charge in [0.25, 0.3) is 0 Å². The van der Waals surface area contributed by atoms with Gasteiger partial charge in [0.2, 0.25) is 0 Å². The number of anilines is 1. The van der Waals surface area contributed by atoms with Crippen molar-refractivity contribution in [3.63, 3.8) is 0 Å². The molecule has 0 fully saturated rings. The fourth-order valence-corrected chi connectivity index (χ4v) is 2.50. The molecule has 0 aliphatic carbocycles. The van der Waals surface area contributed by atoms with Crippen LogP contribution in [0.1, 0.15) is 11.1 Å². The van der Waals surface area contributed by atoms with Crippen LogP contribution in [-0.4, -0.2) is 4.98 Å². The molecule has 0 spiro atoms. The van der Waals surface area contributed by atoms with Crippen molar-refractivity contribution in [2.24, 2.45) is 0 Å². The van der Waals surface area contributed by atoms with Crippen LogP contribution < -0.4 is 5.32 Å². The Bertz CT molecular complexity index is 847. The van der Waals surface area contributed by atoms with Gasteiger partial charge in [-0.2, -0.15) is 13.2 Å². The van der Waals surface area contributed by atoms with Crippen molar-refractivity contribution in [2.75, 3.05) is 5.32 Å². The Hall–Kier alpha value is -2.27. The standard InChI is InChI=1S/C17H12ClF3N2/c18-13-4-5-14-15(6-7-22-16(14)9-13)23-10-11-2-1-3-12(8-11)17(19,20)21/h1-9H,10H2,(H,22,23). The molecule has 0 aliphatic heterocycles. The van der Waals surface area contributed by atoms with Gasteiger partial charge in [-0.05, 0) is 42.0 Å². The van der Waals surface area contributed by atoms with Gasteiger partial charge in [-0.25, -0.2) is 0 Å². The molecule has 0 bridgehead atoms. The average molecular weight is 337 g/mol. The first-order valence-electron chi connectivity index (χ1n) is 6.88. The summed E-state index contributed by atoms with van der Waals surface area (Å²) in [7, 11) is 0. The first-order valence-corrected chi connectivity index (χ1v) is 7.25. The lowest BCUT2D eigenvalue weighted by molar-refractivity contribution is -0.137. The van der Waals surface area contributed by atoms with E-state index in [1.807, 2.05) is 6.07 Å². The third-order valence-corrected chi connectivity index (χ3v) is 3.68. The molecule has 0 unspecified atom stereocenters. The van der Waals surface area contributed by atoms with Crippen LogP contribution in [0, 0.1) is 0 Å². The number of aromatic nitrogens is 1. The molecule has 0 atom stereocenters. The van der Waals surface area contributed by atoms with Crippen molar-refractivity contribution in [2.45, 2.75) is 12.7 Å². The highest BCUT2D eigenvalue weighted by molar-refractivity contribution is 6.31. The molecule has 1 heterocycles. The normalized spacial score (nSPS) is 11.7. The van der Waals surface area contributed by atoms with Crippen LogP contribution in [0.5, 0.6) is 0 Å². The minimum absolute atomic E-state index is 0.283. The Kier molecular flexibility index (Phi) is 4.13. The Morgan fingerprint density at radius 1 is 1.04 bits per heavy atom. The van der Waals surface area contributed by atoms with Gasteiger partial charge in [-0.3, -0.25) is 4.98 Å². The van der Waals surface area contributed by atoms with E-state index < -0.39 is 11.7 Å². The largest absolute Gasteiger partial charge is 0.416 e. The molecule has 3 aromatic rings. The van der Waals surface area contributed by atoms with E-state index in [-0.39, 0.29) is 6.54 Å². The van der Waals surface area contributed by atoms with Crippen molar-refractivity contribution in [1.82, 2.24) is 4.98 Å². The zero-order valence-corrected chi connectivity index (χ0v) is 12.6. The minimum atomic E-state index is -4.34. The number of rotatable bonds is 3. The summed E-state index contributed by atoms with van der Waals surface area (Å²) in [6, 6.07) is 12.4. The maximum atomic E-state index is 12.7. The van der Waals surface area contributed by atoms with E-state index in [1.54, 1.807) is 30.5 Å². The number of benzene rings is 2. The van der Waals surface area contributed by atoms with Crippen molar-refractivity contribution in [3.8, 4) is 0 Å². The number of pyridine rings is 1. The highest BCUT2D eigenvalue weighted by atomic mass is 35.5. The fraction of sp³-hybridized carbons (Fsp3) is 0.118. The third-order valence-electron chi connectivity index (χ3n) is 3.44. The number of halogens is 4. The van der Waals surface area contributed by atoms with Crippen molar-refractivity contribution in [3.05, 3.63) is 70.9 Å². The van der Waals surface area contributed by atoms with E-state index in [0.717, 1.165) is 28.7 Å². The van der Waals surface area contributed by atoms with Gasteiger partial charge in [-0.15, -0.1) is 0 Å². The molecular formula is C17H12ClF3N2. The summed E-state index contributed by atoms with van der Waals surface area (Å²) >= 11 is 5.94. The topological polar surface area (TPSA) is 24.9 Å². The summed E-state index contributed by atoms with van der Waals surface area (Å²) in [5, 5.41) is 4.60. The van der Waals surface area contributed by atoms with Crippen LogP contribution >= 0.6 is 11.6 Å². The second kappa shape index (κ2) is 6.08. The fourth-order valence-electron chi connectivity index (χ4n) is 2.33. The molecule has 1 N–H and O–H groups in total. The summed E-state index contributed by atoms with van der Waals surface area (Å²) in [4.78, 5) is 4.23. The molecular weight excluding hydrogens is 325 g/mol. The van der Waals surface area contributed by atoms with Crippen LogP contribution in [0.4, 0.5) is 18.9 Å². The molecule has 1 aromatic heterocycles. The Balaban J connectivity index is 1.84. The molecule has 118 valence electrons. The molecule has 2 nitrogen and oxygen atoms in total. The average Bonchev–Trinajstić information content (AvgIpc) is 2.52. The number of hydrogen-bond donors (Lipinski definition) is 1. The molecule has 6 heteroatoms. The smallest absolute Gasteiger partial charge is 0.380 e. The van der Waals surface area contributed by atoms with Crippen molar-refractivity contribution < 1.29 is 13.2 Å². The molecule has 2 aromatic carbocycles. The molecule has 23 heavy (non-hydrogen) atoms. The predicted octanol–water partition coefficient (Wildman–Crippen LogP) is 5.52. The van der Waals surface area contributed by atoms with E-state index in [9.17, 15) is 13.2 Å². The monoisotopic (exact) mass is 336 g/mol. The number of fused-ring (bicyclic) bond motifs is 1. The maximum absolute atomic E-state index is 12.7. The molecule has 0 radical (unpaired) electrons. The molecule has 3 rings (SSSR count). The molecule has 0 saturated heterocycles. The first-order chi connectivity index (χ1) is 10.9. The quantitative estimate of drug-likeness (QED) is 0.681. The van der Waals surface area contributed by atoms with Gasteiger partial charge in [-0.1, -0.05) is 23.7 Å². The van der Waals surface area contributed by atoms with Crippen LogP contribution in [0.25, 0.3) is 10.9 Å². The summed E-state index contributed by atoms with van der Waals surface area (Å²) < 4.78 is 38.2. The summed E-state index contributed by atoms with van der Waals surface area (Å²) in [6.45, 7) is 0.283. The van der Waals surface area contributed by atoms with E-state index in [2.05, 4.69) is 10.3 Å². The SMILES string of the molecule is FC(F)(F)c1cccc(CNc2ccnc3cc(Cl)ccc23)c1. The van der Waals surface area contributed by atoms with Gasteiger partial charge < -0.3 is 5.32 Å². The Morgan fingerprint density at radius 2 is 1.87 bits per heavy atom. The molecule has 0 saturated carbocycles. The zero-order chi connectivity index (χ0) is 16.4. The van der Waals surface area contributed by atoms with Crippen molar-refractivity contribution in [1.29, 1.82) is 0 Å². The van der Waals surface area contributed by atoms with E-state index in [4.69, 9.17) is 11.6 Å². The van der Waals surface area contributed by atoms with Crippen LogP contribution in [0.3, 0.4) is 0 Å². The lowest BCUT2D eigenvalue weighted by Gasteiger charge is -2.12. The van der Waals surface area contributed by atoms with Gasteiger partial charge in [0.15, 0.2) is 0 Å². The summed E-state index contributed by atoms with van der Waals surface area (Å²) in [5.74, 6) is 0. The number of nitrogens with one attached hydrogen (secondary N) is 1. The van der Waals surface area contributed by atoms with E-state index in [0.29, 0.717) is 10.6 Å². The van der Waals surface area contributed by atoms with Gasteiger partial charge in [0.1, 0.15) is 0 Å². The van der Waals surface area contributed by atoms with Gasteiger partial charge in [0, 0.05) is 28.8 Å². The lowest BCUT2D eigenvalue weighted by atomic mass is 10.1. The highest BCUT2D eigenvalue weighted by Crippen LogP contribution is 2.30.